The maximum Gasteiger partial charge on any atom is 0.174 e. The molecule has 0 radical (unpaired) electrons. The average Bonchev–Trinajstić information content (AvgIpc) is 2.49. The van der Waals surface area contributed by atoms with Crippen LogP contribution in [0.15, 0.2) is 18.3 Å². The number of hydrogen-bond acceptors (Lipinski definition) is 3. The highest BCUT2D eigenvalue weighted by Crippen LogP contribution is 2.15. The van der Waals surface area contributed by atoms with Crippen LogP contribution in [-0.2, 0) is 5.75 Å². The van der Waals surface area contributed by atoms with Gasteiger partial charge < -0.3 is 0 Å². The van der Waals surface area contributed by atoms with Gasteiger partial charge in [-0.3, -0.25) is 0 Å². The molecule has 13 heavy (non-hydrogen) atoms. The summed E-state index contributed by atoms with van der Waals surface area (Å²) in [6, 6.07) is 3.67. The Kier molecular flexibility index (Phi) is 2.42. The molecule has 2 rings (SSSR count). The van der Waals surface area contributed by atoms with Gasteiger partial charge in [-0.25, -0.2) is 9.50 Å². The van der Waals surface area contributed by atoms with E-state index in [1.165, 1.54) is 0 Å². The van der Waals surface area contributed by atoms with Crippen molar-refractivity contribution < 1.29 is 0 Å². The fourth-order valence-corrected chi connectivity index (χ4v) is 1.69. The first kappa shape index (κ1) is 8.84. The quantitative estimate of drug-likeness (QED) is 0.767. The number of nitrogens with zero attached hydrogens (tertiary/aromatic N) is 3. The first-order valence-electron chi connectivity index (χ1n) is 3.80. The Labute approximate surface area is 85.1 Å². The Morgan fingerprint density at radius 1 is 1.62 bits per heavy atom. The predicted octanol–water partition coefficient (Wildman–Crippen LogP) is 2.25. The molecule has 2 aromatic rings. The van der Waals surface area contributed by atoms with Gasteiger partial charge in [0, 0.05) is 6.20 Å². The fourth-order valence-electron chi connectivity index (χ4n) is 1.11. The number of thioether (sulfide) groups is 1. The predicted molar refractivity (Wildman–Crippen MR) is 55.2 cm³/mol. The number of halogens is 1. The molecular formula is C8H8ClN3S. The minimum Gasteiger partial charge on any atom is -0.219 e. The number of rotatable bonds is 2. The third-order valence-corrected chi connectivity index (χ3v) is 2.47. The second-order valence-corrected chi connectivity index (χ2v) is 3.86. The number of fused-ring (bicyclic) bond motifs is 1. The lowest BCUT2D eigenvalue weighted by Gasteiger charge is -1.90. The molecule has 0 saturated heterocycles. The summed E-state index contributed by atoms with van der Waals surface area (Å²) in [7, 11) is 0. The molecular weight excluding hydrogens is 206 g/mol. The van der Waals surface area contributed by atoms with Crippen molar-refractivity contribution in [2.24, 2.45) is 0 Å². The lowest BCUT2D eigenvalue weighted by molar-refractivity contribution is 0.925. The highest BCUT2D eigenvalue weighted by atomic mass is 35.5. The highest BCUT2D eigenvalue weighted by molar-refractivity contribution is 7.97. The van der Waals surface area contributed by atoms with E-state index in [4.69, 9.17) is 11.6 Å². The summed E-state index contributed by atoms with van der Waals surface area (Å²) in [5.74, 6) is 1.64. The normalized spacial score (nSPS) is 10.9. The van der Waals surface area contributed by atoms with Crippen molar-refractivity contribution in [3.63, 3.8) is 0 Å². The van der Waals surface area contributed by atoms with Crippen LogP contribution in [0.1, 0.15) is 5.82 Å². The van der Waals surface area contributed by atoms with Crippen LogP contribution in [0.4, 0.5) is 0 Å². The second-order valence-electron chi connectivity index (χ2n) is 2.59. The van der Waals surface area contributed by atoms with Gasteiger partial charge in [0.15, 0.2) is 11.5 Å². The first-order chi connectivity index (χ1) is 6.31. The highest BCUT2D eigenvalue weighted by Gasteiger charge is 2.04. The molecule has 68 valence electrons. The zero-order chi connectivity index (χ0) is 9.26. The number of hydrogen-bond donors (Lipinski definition) is 0. The summed E-state index contributed by atoms with van der Waals surface area (Å²) in [5, 5.41) is 4.90. The van der Waals surface area contributed by atoms with Crippen LogP contribution in [0.2, 0.25) is 5.02 Å². The lowest BCUT2D eigenvalue weighted by Crippen LogP contribution is -1.86. The molecule has 3 nitrogen and oxygen atoms in total. The summed E-state index contributed by atoms with van der Waals surface area (Å²) in [6.45, 7) is 0. The van der Waals surface area contributed by atoms with Gasteiger partial charge in [0.2, 0.25) is 0 Å². The lowest BCUT2D eigenvalue weighted by atomic mass is 10.5. The standard InChI is InChI=1S/C8H8ClN3S/c1-13-5-7-10-8-6(9)3-2-4-12(8)11-7/h2-4H,5H2,1H3. The third-order valence-electron chi connectivity index (χ3n) is 1.63. The van der Waals surface area contributed by atoms with E-state index in [2.05, 4.69) is 10.1 Å². The van der Waals surface area contributed by atoms with Crippen molar-refractivity contribution >= 4 is 29.0 Å². The van der Waals surface area contributed by atoms with Crippen molar-refractivity contribution in [1.82, 2.24) is 14.6 Å². The zero-order valence-corrected chi connectivity index (χ0v) is 8.64. The van der Waals surface area contributed by atoms with Crippen LogP contribution in [0.5, 0.6) is 0 Å². The molecule has 0 aliphatic carbocycles. The van der Waals surface area contributed by atoms with Crippen LogP contribution < -0.4 is 0 Å². The summed E-state index contributed by atoms with van der Waals surface area (Å²) in [4.78, 5) is 4.30. The van der Waals surface area contributed by atoms with E-state index in [-0.39, 0.29) is 0 Å². The molecule has 2 aromatic heterocycles. The minimum absolute atomic E-state index is 0.641. The second kappa shape index (κ2) is 3.55. The summed E-state index contributed by atoms with van der Waals surface area (Å²) in [6.07, 6.45) is 3.87. The van der Waals surface area contributed by atoms with E-state index in [1.54, 1.807) is 16.3 Å². The van der Waals surface area contributed by atoms with Gasteiger partial charge in [0.05, 0.1) is 10.8 Å². The third kappa shape index (κ3) is 1.64. The van der Waals surface area contributed by atoms with Crippen molar-refractivity contribution in [2.45, 2.75) is 5.75 Å². The molecule has 0 saturated carbocycles. The van der Waals surface area contributed by atoms with E-state index in [0.717, 1.165) is 17.2 Å². The molecule has 2 heterocycles. The molecule has 0 N–H and O–H groups in total. The van der Waals surface area contributed by atoms with Crippen molar-refractivity contribution in [3.05, 3.63) is 29.2 Å². The molecule has 0 atom stereocenters. The van der Waals surface area contributed by atoms with Crippen LogP contribution in [0, 0.1) is 0 Å². The van der Waals surface area contributed by atoms with Gasteiger partial charge in [-0.2, -0.15) is 16.9 Å². The maximum atomic E-state index is 5.94. The molecule has 0 bridgehead atoms. The van der Waals surface area contributed by atoms with Gasteiger partial charge in [-0.15, -0.1) is 0 Å². The largest absolute Gasteiger partial charge is 0.219 e. The Hall–Kier alpha value is -0.740. The minimum atomic E-state index is 0.641. The summed E-state index contributed by atoms with van der Waals surface area (Å²) < 4.78 is 1.70. The molecule has 0 aromatic carbocycles. The van der Waals surface area contributed by atoms with Crippen molar-refractivity contribution in [3.8, 4) is 0 Å². The van der Waals surface area contributed by atoms with Gasteiger partial charge in [-0.05, 0) is 18.4 Å². The first-order valence-corrected chi connectivity index (χ1v) is 5.57. The van der Waals surface area contributed by atoms with Crippen LogP contribution in [0.25, 0.3) is 5.65 Å². The summed E-state index contributed by atoms with van der Waals surface area (Å²) in [5.41, 5.74) is 0.730. The molecule has 5 heteroatoms. The van der Waals surface area contributed by atoms with Crippen molar-refractivity contribution in [2.75, 3.05) is 6.26 Å². The molecule has 0 spiro atoms. The Balaban J connectivity index is 2.55. The van der Waals surface area contributed by atoms with E-state index >= 15 is 0 Å². The van der Waals surface area contributed by atoms with Crippen LogP contribution >= 0.6 is 23.4 Å². The number of aromatic nitrogens is 3. The zero-order valence-electron chi connectivity index (χ0n) is 7.07. The Morgan fingerprint density at radius 3 is 3.15 bits per heavy atom. The molecule has 0 unspecified atom stereocenters. The molecule has 0 fully saturated rings. The van der Waals surface area contributed by atoms with Gasteiger partial charge in [-0.1, -0.05) is 11.6 Å². The molecule has 0 aliphatic rings. The van der Waals surface area contributed by atoms with Gasteiger partial charge in [0.25, 0.3) is 0 Å². The summed E-state index contributed by atoms with van der Waals surface area (Å²) >= 11 is 7.63. The smallest absolute Gasteiger partial charge is 0.174 e. The fraction of sp³-hybridized carbons (Fsp3) is 0.250. The van der Waals surface area contributed by atoms with Crippen molar-refractivity contribution in [1.29, 1.82) is 0 Å². The van der Waals surface area contributed by atoms with E-state index < -0.39 is 0 Å². The van der Waals surface area contributed by atoms with E-state index in [0.29, 0.717) is 5.02 Å². The number of pyridine rings is 1. The van der Waals surface area contributed by atoms with E-state index in [9.17, 15) is 0 Å². The maximum absolute atomic E-state index is 5.94. The average molecular weight is 214 g/mol. The molecule has 0 amide bonds. The Bertz CT molecular complexity index is 426. The van der Waals surface area contributed by atoms with Gasteiger partial charge >= 0.3 is 0 Å². The molecule has 0 aliphatic heterocycles. The topological polar surface area (TPSA) is 30.2 Å². The SMILES string of the molecule is CSCc1nc2c(Cl)cccn2n1. The Morgan fingerprint density at radius 2 is 2.46 bits per heavy atom. The van der Waals surface area contributed by atoms with Crippen LogP contribution in [-0.4, -0.2) is 20.9 Å². The van der Waals surface area contributed by atoms with Gasteiger partial charge in [0.1, 0.15) is 0 Å². The van der Waals surface area contributed by atoms with E-state index in [1.807, 2.05) is 24.6 Å². The van der Waals surface area contributed by atoms with Crippen LogP contribution in [0.3, 0.4) is 0 Å². The monoisotopic (exact) mass is 213 g/mol.